The minimum absolute atomic E-state index is 0.0202. The number of ether oxygens (including phenoxy) is 2. The van der Waals surface area contributed by atoms with E-state index < -0.39 is 4.92 Å². The van der Waals surface area contributed by atoms with E-state index >= 15 is 0 Å². The van der Waals surface area contributed by atoms with Crippen LogP contribution in [0.2, 0.25) is 0 Å². The molecule has 0 atom stereocenters. The average molecular weight is 423 g/mol. The van der Waals surface area contributed by atoms with Gasteiger partial charge in [0.1, 0.15) is 17.2 Å². The Hall–Kier alpha value is -3.09. The van der Waals surface area contributed by atoms with Crippen molar-refractivity contribution in [1.82, 2.24) is 5.32 Å². The van der Waals surface area contributed by atoms with Crippen LogP contribution in [0, 0.1) is 10.1 Å². The molecule has 30 heavy (non-hydrogen) atoms. The second-order valence-corrected chi connectivity index (χ2v) is 4.29. The number of benzene rings is 2. The number of carbonyl (C=O) groups excluding carboxylic acids is 1. The van der Waals surface area contributed by atoms with Gasteiger partial charge in [0, 0.05) is 19.2 Å². The lowest BCUT2D eigenvalue weighted by molar-refractivity contribution is -0.384. The fraction of sp³-hybridized carbons (Fsp3) is 0.435. The molecule has 0 fully saturated rings. The molecule has 0 spiro atoms. The lowest BCUT2D eigenvalue weighted by Crippen LogP contribution is -2.18. The number of hydrogen-bond acceptors (Lipinski definition) is 5. The molecule has 2 aromatic carbocycles. The third-order valence-corrected chi connectivity index (χ3v) is 2.93. The molecule has 7 heteroatoms. The summed E-state index contributed by atoms with van der Waals surface area (Å²) in [6.45, 7) is 16.0. The molecule has 0 unspecified atom stereocenters. The molecule has 0 aliphatic carbocycles. The molecule has 0 heterocycles. The summed E-state index contributed by atoms with van der Waals surface area (Å²) in [5, 5.41) is 13.1. The van der Waals surface area contributed by atoms with Gasteiger partial charge in [-0.15, -0.1) is 0 Å². The van der Waals surface area contributed by atoms with Crippen LogP contribution in [0.3, 0.4) is 0 Å². The zero-order valence-electron chi connectivity index (χ0n) is 20.0. The molecule has 0 saturated carbocycles. The Kier molecular flexibility index (Phi) is 21.7. The first-order valence-corrected chi connectivity index (χ1v) is 10.4. The molecule has 170 valence electrons. The molecule has 2 aromatic rings. The number of nitrogens with one attached hydrogen (secondary N) is 1. The summed E-state index contributed by atoms with van der Waals surface area (Å²) >= 11 is 0. The maximum absolute atomic E-state index is 11.8. The van der Waals surface area contributed by atoms with Crippen molar-refractivity contribution in [3.05, 3.63) is 58.1 Å². The van der Waals surface area contributed by atoms with Gasteiger partial charge in [-0.2, -0.15) is 0 Å². The van der Waals surface area contributed by atoms with E-state index in [0.29, 0.717) is 22.8 Å². The first-order valence-electron chi connectivity index (χ1n) is 10.4. The van der Waals surface area contributed by atoms with Crippen LogP contribution >= 0.6 is 0 Å². The largest absolute Gasteiger partial charge is 0.496 e. The van der Waals surface area contributed by atoms with Gasteiger partial charge in [-0.05, 0) is 30.3 Å². The van der Waals surface area contributed by atoms with E-state index in [9.17, 15) is 14.9 Å². The molecule has 0 radical (unpaired) electrons. The molecule has 0 bridgehead atoms. The van der Waals surface area contributed by atoms with Crippen LogP contribution in [0.5, 0.6) is 17.2 Å². The lowest BCUT2D eigenvalue weighted by atomic mass is 10.1. The first-order chi connectivity index (χ1) is 14.5. The number of methoxy groups -OCH3 is 1. The molecular weight excluding hydrogens is 384 g/mol. The zero-order valence-corrected chi connectivity index (χ0v) is 20.0. The second kappa shape index (κ2) is 20.6. The maximum atomic E-state index is 11.8. The monoisotopic (exact) mass is 422 g/mol. The summed E-state index contributed by atoms with van der Waals surface area (Å²) < 4.78 is 10.7. The third-order valence-electron chi connectivity index (χ3n) is 2.93. The van der Waals surface area contributed by atoms with Gasteiger partial charge in [-0.25, -0.2) is 0 Å². The number of rotatable bonds is 5. The minimum atomic E-state index is -0.485. The van der Waals surface area contributed by atoms with Crippen molar-refractivity contribution in [3.63, 3.8) is 0 Å². The molecular formula is C23H38N2O5. The van der Waals surface area contributed by atoms with Gasteiger partial charge in [-0.3, -0.25) is 14.9 Å². The summed E-state index contributed by atoms with van der Waals surface area (Å²) in [6.07, 6.45) is 0. The standard InChI is InChI=1S/C15H14N2O5.4C2H6/c1-16-15(18)13-9-12(7-8-14(13)21-2)22-11-5-3-10(4-6-11)17(19)20;4*1-2/h3-9H,1-2H3,(H,16,18);4*1-2H3. The zero-order chi connectivity index (χ0) is 24.1. The highest BCUT2D eigenvalue weighted by atomic mass is 16.6. The van der Waals surface area contributed by atoms with Gasteiger partial charge in [-0.1, -0.05) is 55.4 Å². The maximum Gasteiger partial charge on any atom is 0.269 e. The molecule has 7 nitrogen and oxygen atoms in total. The van der Waals surface area contributed by atoms with Crippen molar-refractivity contribution < 1.29 is 19.2 Å². The summed E-state index contributed by atoms with van der Waals surface area (Å²) in [4.78, 5) is 21.9. The van der Waals surface area contributed by atoms with E-state index in [0.717, 1.165) is 0 Å². The summed E-state index contributed by atoms with van der Waals surface area (Å²) in [5.41, 5.74) is 0.317. The van der Waals surface area contributed by atoms with Gasteiger partial charge in [0.2, 0.25) is 0 Å². The highest BCUT2D eigenvalue weighted by Gasteiger charge is 2.13. The molecule has 0 saturated heterocycles. The van der Waals surface area contributed by atoms with Crippen LogP contribution in [0.15, 0.2) is 42.5 Å². The van der Waals surface area contributed by atoms with E-state index in [1.165, 1.54) is 38.4 Å². The SMILES string of the molecule is CC.CC.CC.CC.CNC(=O)c1cc(Oc2ccc([N+](=O)[O-])cc2)ccc1OC. The number of hydrogen-bond donors (Lipinski definition) is 1. The van der Waals surface area contributed by atoms with E-state index in [4.69, 9.17) is 9.47 Å². The van der Waals surface area contributed by atoms with E-state index in [2.05, 4.69) is 5.32 Å². The van der Waals surface area contributed by atoms with Gasteiger partial charge < -0.3 is 14.8 Å². The lowest BCUT2D eigenvalue weighted by Gasteiger charge is -2.10. The normalized spacial score (nSPS) is 8.07. The Bertz CT molecular complexity index is 701. The predicted molar refractivity (Wildman–Crippen MR) is 125 cm³/mol. The molecule has 0 aliphatic heterocycles. The smallest absolute Gasteiger partial charge is 0.269 e. The Morgan fingerprint density at radius 3 is 1.73 bits per heavy atom. The van der Waals surface area contributed by atoms with Crippen molar-refractivity contribution in [2.75, 3.05) is 14.2 Å². The highest BCUT2D eigenvalue weighted by Crippen LogP contribution is 2.28. The summed E-state index contributed by atoms with van der Waals surface area (Å²) in [6, 6.07) is 10.5. The van der Waals surface area contributed by atoms with Crippen LogP contribution in [0.1, 0.15) is 65.7 Å². The van der Waals surface area contributed by atoms with Gasteiger partial charge in [0.25, 0.3) is 11.6 Å². The molecule has 0 aromatic heterocycles. The van der Waals surface area contributed by atoms with Crippen LogP contribution in [0.4, 0.5) is 5.69 Å². The molecule has 0 aliphatic rings. The summed E-state index contributed by atoms with van der Waals surface area (Å²) in [7, 11) is 2.99. The molecule has 2 rings (SSSR count). The quantitative estimate of drug-likeness (QED) is 0.420. The number of carbonyl (C=O) groups is 1. The van der Waals surface area contributed by atoms with Crippen molar-refractivity contribution >= 4 is 11.6 Å². The van der Waals surface area contributed by atoms with E-state index in [-0.39, 0.29) is 11.6 Å². The number of non-ortho nitro benzene ring substituents is 1. The Labute approximate surface area is 181 Å². The van der Waals surface area contributed by atoms with Crippen molar-refractivity contribution in [2.45, 2.75) is 55.4 Å². The highest BCUT2D eigenvalue weighted by molar-refractivity contribution is 5.97. The number of nitro groups is 1. The van der Waals surface area contributed by atoms with Crippen LogP contribution in [-0.2, 0) is 0 Å². The third kappa shape index (κ3) is 11.0. The fourth-order valence-corrected chi connectivity index (χ4v) is 1.83. The van der Waals surface area contributed by atoms with E-state index in [1.54, 1.807) is 18.2 Å². The van der Waals surface area contributed by atoms with Crippen LogP contribution < -0.4 is 14.8 Å². The Balaban J connectivity index is -0.000000815. The van der Waals surface area contributed by atoms with Crippen molar-refractivity contribution in [2.24, 2.45) is 0 Å². The Morgan fingerprint density at radius 1 is 0.867 bits per heavy atom. The second-order valence-electron chi connectivity index (χ2n) is 4.29. The van der Waals surface area contributed by atoms with Gasteiger partial charge in [0.15, 0.2) is 0 Å². The first kappa shape index (κ1) is 31.6. The van der Waals surface area contributed by atoms with E-state index in [1.807, 2.05) is 55.4 Å². The van der Waals surface area contributed by atoms with Crippen molar-refractivity contribution in [3.8, 4) is 17.2 Å². The minimum Gasteiger partial charge on any atom is -0.496 e. The summed E-state index contributed by atoms with van der Waals surface area (Å²) in [5.74, 6) is 0.980. The predicted octanol–water partition coefficient (Wildman–Crippen LogP) is 6.86. The average Bonchev–Trinajstić information content (AvgIpc) is 2.84. The topological polar surface area (TPSA) is 90.7 Å². The van der Waals surface area contributed by atoms with Gasteiger partial charge in [0.05, 0.1) is 17.6 Å². The Morgan fingerprint density at radius 2 is 1.33 bits per heavy atom. The molecule has 1 N–H and O–H groups in total. The van der Waals surface area contributed by atoms with Crippen LogP contribution in [-0.4, -0.2) is 25.0 Å². The van der Waals surface area contributed by atoms with Gasteiger partial charge >= 0.3 is 0 Å². The molecule has 1 amide bonds. The number of amides is 1. The number of nitro benzene ring substituents is 1. The fourth-order valence-electron chi connectivity index (χ4n) is 1.83. The van der Waals surface area contributed by atoms with Crippen molar-refractivity contribution in [1.29, 1.82) is 0 Å². The number of nitrogens with zero attached hydrogens (tertiary/aromatic N) is 1. The van der Waals surface area contributed by atoms with Crippen LogP contribution in [0.25, 0.3) is 0 Å².